The van der Waals surface area contributed by atoms with E-state index < -0.39 is 0 Å². The number of aromatic amines is 1. The van der Waals surface area contributed by atoms with Crippen LogP contribution < -0.4 is 5.32 Å². The smallest absolute Gasteiger partial charge is 0.222 e. The Morgan fingerprint density at radius 3 is 2.75 bits per heavy atom. The summed E-state index contributed by atoms with van der Waals surface area (Å²) in [4.78, 5) is 13.0. The summed E-state index contributed by atoms with van der Waals surface area (Å²) in [6.45, 7) is 0.735. The van der Waals surface area contributed by atoms with Crippen molar-refractivity contribution in [3.63, 3.8) is 0 Å². The van der Waals surface area contributed by atoms with Gasteiger partial charge < -0.3 is 10.2 Å². The average Bonchev–Trinajstić information content (AvgIpc) is 2.93. The van der Waals surface area contributed by atoms with Crippen LogP contribution in [0.2, 0.25) is 0 Å². The molecule has 0 atom stereocenters. The summed E-state index contributed by atoms with van der Waals surface area (Å²) in [5, 5.41) is 10.4. The fourth-order valence-corrected chi connectivity index (χ4v) is 1.86. The molecule has 0 bridgehead atoms. The van der Waals surface area contributed by atoms with Gasteiger partial charge in [-0.05, 0) is 12.0 Å². The molecule has 2 rings (SSSR count). The molecule has 1 amide bonds. The third kappa shape index (κ3) is 3.85. The summed E-state index contributed by atoms with van der Waals surface area (Å²) in [6, 6.07) is 12.0. The van der Waals surface area contributed by atoms with Crippen molar-refractivity contribution in [2.75, 3.05) is 26.0 Å². The zero-order valence-electron chi connectivity index (χ0n) is 11.9. The third-order valence-corrected chi connectivity index (χ3v) is 3.03. The van der Waals surface area contributed by atoms with E-state index in [0.29, 0.717) is 6.42 Å². The number of aromatic nitrogens is 2. The number of nitrogens with zero attached hydrogens (tertiary/aromatic N) is 2. The lowest BCUT2D eigenvalue weighted by Crippen LogP contribution is -2.22. The molecule has 0 aliphatic rings. The highest BCUT2D eigenvalue weighted by Crippen LogP contribution is 2.18. The van der Waals surface area contributed by atoms with Crippen molar-refractivity contribution < 1.29 is 4.79 Å². The molecule has 20 heavy (non-hydrogen) atoms. The van der Waals surface area contributed by atoms with E-state index in [9.17, 15) is 4.79 Å². The van der Waals surface area contributed by atoms with E-state index in [-0.39, 0.29) is 5.91 Å². The lowest BCUT2D eigenvalue weighted by Gasteiger charge is -2.09. The molecule has 2 aromatic rings. The number of carbonyl (C=O) groups excluding carboxylic acids is 1. The fourth-order valence-electron chi connectivity index (χ4n) is 1.86. The van der Waals surface area contributed by atoms with Gasteiger partial charge in [0.2, 0.25) is 5.91 Å². The Bertz CT molecular complexity index is 548. The SMILES string of the molecule is CN(C)C(=O)CCCNc1cc(-c2ccccc2)[nH]n1. The highest BCUT2D eigenvalue weighted by molar-refractivity contribution is 5.75. The van der Waals surface area contributed by atoms with E-state index in [1.807, 2.05) is 36.4 Å². The first-order valence-corrected chi connectivity index (χ1v) is 6.71. The molecule has 0 unspecified atom stereocenters. The Balaban J connectivity index is 1.81. The first kappa shape index (κ1) is 14.1. The van der Waals surface area contributed by atoms with Crippen LogP contribution in [0.5, 0.6) is 0 Å². The Morgan fingerprint density at radius 2 is 2.05 bits per heavy atom. The van der Waals surface area contributed by atoms with Gasteiger partial charge >= 0.3 is 0 Å². The van der Waals surface area contributed by atoms with Gasteiger partial charge in [0, 0.05) is 33.1 Å². The third-order valence-electron chi connectivity index (χ3n) is 3.03. The summed E-state index contributed by atoms with van der Waals surface area (Å²) >= 11 is 0. The largest absolute Gasteiger partial charge is 0.369 e. The highest BCUT2D eigenvalue weighted by atomic mass is 16.2. The fraction of sp³-hybridized carbons (Fsp3) is 0.333. The monoisotopic (exact) mass is 272 g/mol. The number of anilines is 1. The van der Waals surface area contributed by atoms with Crippen LogP contribution in [0.25, 0.3) is 11.3 Å². The summed E-state index contributed by atoms with van der Waals surface area (Å²) < 4.78 is 0. The van der Waals surface area contributed by atoms with Gasteiger partial charge in [-0.1, -0.05) is 30.3 Å². The summed E-state index contributed by atoms with van der Waals surface area (Å²) in [5.41, 5.74) is 2.09. The van der Waals surface area contributed by atoms with E-state index >= 15 is 0 Å². The maximum Gasteiger partial charge on any atom is 0.222 e. The van der Waals surface area contributed by atoms with Crippen LogP contribution in [-0.4, -0.2) is 41.6 Å². The molecule has 106 valence electrons. The van der Waals surface area contributed by atoms with Gasteiger partial charge in [-0.3, -0.25) is 9.89 Å². The standard InChI is InChI=1S/C15H20N4O/c1-19(2)15(20)9-6-10-16-14-11-13(17-18-14)12-7-4-3-5-8-12/h3-5,7-8,11H,6,9-10H2,1-2H3,(H2,16,17,18). The van der Waals surface area contributed by atoms with Crippen LogP contribution in [0.3, 0.4) is 0 Å². The second-order valence-electron chi connectivity index (χ2n) is 4.85. The Kier molecular flexibility index (Phi) is 4.76. The molecule has 1 aromatic carbocycles. The lowest BCUT2D eigenvalue weighted by atomic mass is 10.1. The van der Waals surface area contributed by atoms with E-state index in [1.54, 1.807) is 19.0 Å². The molecule has 0 radical (unpaired) electrons. The van der Waals surface area contributed by atoms with Gasteiger partial charge in [0.05, 0.1) is 5.69 Å². The number of H-pyrrole nitrogens is 1. The molecular formula is C15H20N4O. The van der Waals surface area contributed by atoms with Crippen molar-refractivity contribution >= 4 is 11.7 Å². The predicted molar refractivity (Wildman–Crippen MR) is 80.4 cm³/mol. The molecular weight excluding hydrogens is 252 g/mol. The van der Waals surface area contributed by atoms with Gasteiger partial charge in [0.1, 0.15) is 5.82 Å². The summed E-state index contributed by atoms with van der Waals surface area (Å²) in [5.74, 6) is 0.958. The van der Waals surface area contributed by atoms with Crippen LogP contribution in [0.15, 0.2) is 36.4 Å². The zero-order chi connectivity index (χ0) is 14.4. The van der Waals surface area contributed by atoms with Crippen molar-refractivity contribution in [1.29, 1.82) is 0 Å². The van der Waals surface area contributed by atoms with E-state index in [1.165, 1.54) is 0 Å². The number of hydrogen-bond acceptors (Lipinski definition) is 3. The maximum atomic E-state index is 11.4. The number of amides is 1. The summed E-state index contributed by atoms with van der Waals surface area (Å²) in [7, 11) is 3.55. The molecule has 5 nitrogen and oxygen atoms in total. The molecule has 1 aromatic heterocycles. The topological polar surface area (TPSA) is 61.0 Å². The van der Waals surface area contributed by atoms with Crippen molar-refractivity contribution in [3.8, 4) is 11.3 Å². The molecule has 0 saturated carbocycles. The number of benzene rings is 1. The van der Waals surface area contributed by atoms with Crippen LogP contribution in [0.1, 0.15) is 12.8 Å². The van der Waals surface area contributed by atoms with Crippen LogP contribution in [0, 0.1) is 0 Å². The molecule has 2 N–H and O–H groups in total. The number of rotatable bonds is 6. The van der Waals surface area contributed by atoms with E-state index in [0.717, 1.165) is 30.0 Å². The quantitative estimate of drug-likeness (QED) is 0.794. The normalized spacial score (nSPS) is 10.3. The molecule has 0 aliphatic carbocycles. The Morgan fingerprint density at radius 1 is 1.30 bits per heavy atom. The molecule has 0 aliphatic heterocycles. The maximum absolute atomic E-state index is 11.4. The lowest BCUT2D eigenvalue weighted by molar-refractivity contribution is -0.128. The minimum absolute atomic E-state index is 0.152. The number of hydrogen-bond donors (Lipinski definition) is 2. The highest BCUT2D eigenvalue weighted by Gasteiger charge is 2.05. The zero-order valence-corrected chi connectivity index (χ0v) is 11.9. The van der Waals surface area contributed by atoms with Gasteiger partial charge in [-0.25, -0.2) is 0 Å². The van der Waals surface area contributed by atoms with Crippen molar-refractivity contribution in [2.45, 2.75) is 12.8 Å². The van der Waals surface area contributed by atoms with E-state index in [2.05, 4.69) is 15.5 Å². The molecule has 0 saturated heterocycles. The van der Waals surface area contributed by atoms with Crippen molar-refractivity contribution in [2.24, 2.45) is 0 Å². The van der Waals surface area contributed by atoms with Crippen LogP contribution >= 0.6 is 0 Å². The average molecular weight is 272 g/mol. The van der Waals surface area contributed by atoms with Gasteiger partial charge in [-0.2, -0.15) is 5.10 Å². The Hall–Kier alpha value is -2.30. The second-order valence-corrected chi connectivity index (χ2v) is 4.85. The first-order chi connectivity index (χ1) is 9.66. The molecule has 0 spiro atoms. The van der Waals surface area contributed by atoms with Crippen LogP contribution in [-0.2, 0) is 4.79 Å². The molecule has 5 heteroatoms. The minimum atomic E-state index is 0.152. The van der Waals surface area contributed by atoms with Crippen molar-refractivity contribution in [3.05, 3.63) is 36.4 Å². The molecule has 1 heterocycles. The van der Waals surface area contributed by atoms with Crippen molar-refractivity contribution in [1.82, 2.24) is 15.1 Å². The second kappa shape index (κ2) is 6.75. The Labute approximate surface area is 119 Å². The number of carbonyl (C=O) groups is 1. The first-order valence-electron chi connectivity index (χ1n) is 6.71. The predicted octanol–water partition coefficient (Wildman–Crippen LogP) is 2.36. The number of nitrogens with one attached hydrogen (secondary N) is 2. The molecule has 0 fully saturated rings. The summed E-state index contributed by atoms with van der Waals surface area (Å²) in [6.07, 6.45) is 1.35. The van der Waals surface area contributed by atoms with Gasteiger partial charge in [-0.15, -0.1) is 0 Å². The van der Waals surface area contributed by atoms with Gasteiger partial charge in [0.15, 0.2) is 0 Å². The van der Waals surface area contributed by atoms with Crippen LogP contribution in [0.4, 0.5) is 5.82 Å². The van der Waals surface area contributed by atoms with E-state index in [4.69, 9.17) is 0 Å². The van der Waals surface area contributed by atoms with Gasteiger partial charge in [0.25, 0.3) is 0 Å². The minimum Gasteiger partial charge on any atom is -0.369 e.